The molecule has 0 saturated carbocycles. The second-order valence-electron chi connectivity index (χ2n) is 11.3. The van der Waals surface area contributed by atoms with Crippen LogP contribution in [0.15, 0.2) is 108 Å². The molecule has 0 fully saturated rings. The first kappa shape index (κ1) is 34.0. The molecule has 45 heavy (non-hydrogen) atoms. The van der Waals surface area contributed by atoms with E-state index in [0.717, 1.165) is 15.4 Å². The summed E-state index contributed by atoms with van der Waals surface area (Å²) in [6.45, 7) is 5.68. The fraction of sp³-hybridized carbons (Fsp3) is 0.257. The Labute approximate surface area is 275 Å². The summed E-state index contributed by atoms with van der Waals surface area (Å²) in [6, 6.07) is 28.2. The predicted octanol–water partition coefficient (Wildman–Crippen LogP) is 6.91. The van der Waals surface area contributed by atoms with E-state index in [1.54, 1.807) is 60.7 Å². The highest BCUT2D eigenvalue weighted by atomic mass is 35.5. The number of nitrogens with zero attached hydrogens (tertiary/aromatic N) is 2. The summed E-state index contributed by atoms with van der Waals surface area (Å²) >= 11 is 12.7. The highest BCUT2D eigenvalue weighted by molar-refractivity contribution is 7.92. The SMILES string of the molecule is Cc1ccc(N(CC(=O)N(Cc2ccc(Cl)cc2Cl)[C@@H](Cc2ccccc2)C(=O)NCC(C)C)S(=O)(=O)c2ccccc2)cc1. The van der Waals surface area contributed by atoms with Gasteiger partial charge in [0.25, 0.3) is 10.0 Å². The van der Waals surface area contributed by atoms with Gasteiger partial charge >= 0.3 is 0 Å². The number of hydrogen-bond acceptors (Lipinski definition) is 4. The van der Waals surface area contributed by atoms with Gasteiger partial charge < -0.3 is 10.2 Å². The Morgan fingerprint density at radius 1 is 0.844 bits per heavy atom. The van der Waals surface area contributed by atoms with Crippen LogP contribution in [-0.2, 0) is 32.6 Å². The third kappa shape index (κ3) is 9.10. The van der Waals surface area contributed by atoms with Crippen LogP contribution in [0.2, 0.25) is 10.0 Å². The number of benzene rings is 4. The van der Waals surface area contributed by atoms with Gasteiger partial charge in [0.1, 0.15) is 12.6 Å². The lowest BCUT2D eigenvalue weighted by Crippen LogP contribution is -2.53. The lowest BCUT2D eigenvalue weighted by atomic mass is 10.0. The molecule has 0 aliphatic rings. The Balaban J connectivity index is 1.81. The van der Waals surface area contributed by atoms with Crippen molar-refractivity contribution in [3.8, 4) is 0 Å². The molecule has 10 heteroatoms. The first-order valence-corrected chi connectivity index (χ1v) is 16.8. The van der Waals surface area contributed by atoms with Crippen LogP contribution in [0.5, 0.6) is 0 Å². The maximum atomic E-state index is 14.5. The molecule has 0 heterocycles. The van der Waals surface area contributed by atoms with E-state index in [0.29, 0.717) is 27.8 Å². The molecule has 0 aliphatic heterocycles. The minimum atomic E-state index is -4.17. The van der Waals surface area contributed by atoms with E-state index in [2.05, 4.69) is 5.32 Å². The molecule has 0 saturated heterocycles. The van der Waals surface area contributed by atoms with Gasteiger partial charge in [-0.2, -0.15) is 0 Å². The largest absolute Gasteiger partial charge is 0.354 e. The summed E-state index contributed by atoms with van der Waals surface area (Å²) < 4.78 is 29.2. The van der Waals surface area contributed by atoms with E-state index in [4.69, 9.17) is 23.2 Å². The molecule has 1 atom stereocenters. The van der Waals surface area contributed by atoms with E-state index in [1.807, 2.05) is 51.1 Å². The first-order chi connectivity index (χ1) is 21.5. The van der Waals surface area contributed by atoms with Crippen molar-refractivity contribution in [3.63, 3.8) is 0 Å². The molecule has 236 valence electrons. The molecule has 0 spiro atoms. The number of carbonyl (C=O) groups is 2. The van der Waals surface area contributed by atoms with E-state index < -0.39 is 28.5 Å². The van der Waals surface area contributed by atoms with Gasteiger partial charge in [0.05, 0.1) is 10.6 Å². The molecule has 0 aliphatic carbocycles. The van der Waals surface area contributed by atoms with Crippen molar-refractivity contribution >= 4 is 50.7 Å². The van der Waals surface area contributed by atoms with Gasteiger partial charge in [0, 0.05) is 29.6 Å². The average molecular weight is 667 g/mol. The Bertz CT molecular complexity index is 1700. The number of halogens is 2. The topological polar surface area (TPSA) is 86.8 Å². The van der Waals surface area contributed by atoms with E-state index >= 15 is 0 Å². The number of aryl methyl sites for hydroxylation is 1. The van der Waals surface area contributed by atoms with Crippen molar-refractivity contribution in [2.24, 2.45) is 5.92 Å². The van der Waals surface area contributed by atoms with Gasteiger partial charge in [0.2, 0.25) is 11.8 Å². The minimum Gasteiger partial charge on any atom is -0.354 e. The molecule has 2 amide bonds. The maximum Gasteiger partial charge on any atom is 0.264 e. The fourth-order valence-electron chi connectivity index (χ4n) is 4.77. The number of rotatable bonds is 13. The summed E-state index contributed by atoms with van der Waals surface area (Å²) in [6.07, 6.45) is 0.206. The highest BCUT2D eigenvalue weighted by Gasteiger charge is 2.35. The minimum absolute atomic E-state index is 0.0428. The third-order valence-electron chi connectivity index (χ3n) is 7.24. The Morgan fingerprint density at radius 3 is 2.07 bits per heavy atom. The number of sulfonamides is 1. The number of anilines is 1. The first-order valence-electron chi connectivity index (χ1n) is 14.6. The van der Waals surface area contributed by atoms with Crippen molar-refractivity contribution in [2.45, 2.75) is 44.7 Å². The Morgan fingerprint density at radius 2 is 1.47 bits per heavy atom. The van der Waals surface area contributed by atoms with Crippen LogP contribution in [-0.4, -0.2) is 44.3 Å². The number of nitrogens with one attached hydrogen (secondary N) is 1. The van der Waals surface area contributed by atoms with Gasteiger partial charge in [-0.1, -0.05) is 109 Å². The van der Waals surface area contributed by atoms with E-state index in [-0.39, 0.29) is 29.7 Å². The number of amides is 2. The molecular formula is C35H37Cl2N3O4S. The van der Waals surface area contributed by atoms with E-state index in [1.165, 1.54) is 17.0 Å². The molecule has 4 rings (SSSR count). The number of hydrogen-bond donors (Lipinski definition) is 1. The Hall–Kier alpha value is -3.85. The Kier molecular flexibility index (Phi) is 11.7. The van der Waals surface area contributed by atoms with Crippen LogP contribution < -0.4 is 9.62 Å². The van der Waals surface area contributed by atoms with Crippen LogP contribution in [0.3, 0.4) is 0 Å². The summed E-state index contributed by atoms with van der Waals surface area (Å²) in [5.41, 5.74) is 2.67. The molecule has 1 N–H and O–H groups in total. The van der Waals surface area contributed by atoms with Crippen molar-refractivity contribution in [1.82, 2.24) is 10.2 Å². The lowest BCUT2D eigenvalue weighted by molar-refractivity contribution is -0.140. The summed E-state index contributed by atoms with van der Waals surface area (Å²) in [5, 5.41) is 3.73. The average Bonchev–Trinajstić information content (AvgIpc) is 3.02. The summed E-state index contributed by atoms with van der Waals surface area (Å²) in [4.78, 5) is 29.8. The van der Waals surface area contributed by atoms with Crippen LogP contribution in [0.25, 0.3) is 0 Å². The van der Waals surface area contributed by atoms with Crippen LogP contribution in [0, 0.1) is 12.8 Å². The molecule has 0 unspecified atom stereocenters. The van der Waals surface area contributed by atoms with Crippen LogP contribution in [0.1, 0.15) is 30.5 Å². The van der Waals surface area contributed by atoms with Crippen LogP contribution >= 0.6 is 23.2 Å². The summed E-state index contributed by atoms with van der Waals surface area (Å²) in [7, 11) is -4.17. The van der Waals surface area contributed by atoms with Crippen molar-refractivity contribution in [1.29, 1.82) is 0 Å². The van der Waals surface area contributed by atoms with Crippen LogP contribution in [0.4, 0.5) is 5.69 Å². The monoisotopic (exact) mass is 665 g/mol. The molecule has 7 nitrogen and oxygen atoms in total. The van der Waals surface area contributed by atoms with Crippen molar-refractivity contribution in [3.05, 3.63) is 130 Å². The lowest BCUT2D eigenvalue weighted by Gasteiger charge is -2.34. The molecule has 0 bridgehead atoms. The zero-order chi connectivity index (χ0) is 32.6. The second-order valence-corrected chi connectivity index (χ2v) is 14.0. The normalized spacial score (nSPS) is 12.0. The molecule has 0 radical (unpaired) electrons. The quantitative estimate of drug-likeness (QED) is 0.168. The summed E-state index contributed by atoms with van der Waals surface area (Å²) in [5.74, 6) is -0.741. The molecule has 4 aromatic rings. The fourth-order valence-corrected chi connectivity index (χ4v) is 6.67. The molecule has 0 aromatic heterocycles. The van der Waals surface area contributed by atoms with Gasteiger partial charge in [-0.3, -0.25) is 13.9 Å². The third-order valence-corrected chi connectivity index (χ3v) is 9.62. The maximum absolute atomic E-state index is 14.5. The van der Waals surface area contributed by atoms with Crippen molar-refractivity contribution in [2.75, 3.05) is 17.4 Å². The zero-order valence-corrected chi connectivity index (χ0v) is 27.8. The standard InChI is InChI=1S/C35H37Cl2N3O4S/c1-25(2)22-38-35(42)33(20-27-10-6-4-7-11-27)39(23-28-16-17-29(36)21-32(28)37)34(41)24-40(30-18-14-26(3)15-19-30)45(43,44)31-12-8-5-9-13-31/h4-19,21,25,33H,20,22-24H2,1-3H3,(H,38,42)/t33-/m0/s1. The van der Waals surface area contributed by atoms with Gasteiger partial charge in [0.15, 0.2) is 0 Å². The second kappa shape index (κ2) is 15.4. The van der Waals surface area contributed by atoms with Crippen molar-refractivity contribution < 1.29 is 18.0 Å². The van der Waals surface area contributed by atoms with E-state index in [9.17, 15) is 18.0 Å². The number of carbonyl (C=O) groups excluding carboxylic acids is 2. The zero-order valence-electron chi connectivity index (χ0n) is 25.5. The van der Waals surface area contributed by atoms with Gasteiger partial charge in [-0.05, 0) is 60.4 Å². The predicted molar refractivity (Wildman–Crippen MR) is 181 cm³/mol. The van der Waals surface area contributed by atoms with Gasteiger partial charge in [-0.15, -0.1) is 0 Å². The molecule has 4 aromatic carbocycles. The van der Waals surface area contributed by atoms with Gasteiger partial charge in [-0.25, -0.2) is 8.42 Å². The highest BCUT2D eigenvalue weighted by Crippen LogP contribution is 2.27. The smallest absolute Gasteiger partial charge is 0.264 e. The molecular weight excluding hydrogens is 629 g/mol.